The predicted molar refractivity (Wildman–Crippen MR) is 102 cm³/mol. The molecule has 1 aromatic carbocycles. The van der Waals surface area contributed by atoms with E-state index in [1.807, 2.05) is 42.3 Å². The smallest absolute Gasteiger partial charge is 0.256 e. The number of hydrogen-bond donors (Lipinski definition) is 2. The molecule has 1 amide bonds. The van der Waals surface area contributed by atoms with E-state index in [4.69, 9.17) is 10.5 Å². The molecule has 1 unspecified atom stereocenters. The minimum Gasteiger partial charge on any atom is -0.369 e. The van der Waals surface area contributed by atoms with E-state index in [0.29, 0.717) is 25.3 Å². The number of benzene rings is 1. The molecule has 0 radical (unpaired) electrons. The largest absolute Gasteiger partial charge is 0.369 e. The third-order valence-electron chi connectivity index (χ3n) is 4.89. The number of aromatic nitrogens is 2. The Hall–Kier alpha value is -2.71. The van der Waals surface area contributed by atoms with Crippen LogP contribution in [-0.2, 0) is 16.1 Å². The molecule has 3 N–H and O–H groups in total. The van der Waals surface area contributed by atoms with Gasteiger partial charge in [0.25, 0.3) is 11.5 Å². The fourth-order valence-corrected chi connectivity index (χ4v) is 3.47. The molecular weight excluding hydrogens is 346 g/mol. The lowest BCUT2D eigenvalue weighted by Gasteiger charge is -2.26. The lowest BCUT2D eigenvalue weighted by atomic mass is 10.1. The van der Waals surface area contributed by atoms with E-state index in [1.54, 1.807) is 7.11 Å². The van der Waals surface area contributed by atoms with Gasteiger partial charge in [-0.3, -0.25) is 19.5 Å². The molecule has 27 heavy (non-hydrogen) atoms. The van der Waals surface area contributed by atoms with Gasteiger partial charge in [0.15, 0.2) is 6.10 Å². The van der Waals surface area contributed by atoms with Crippen molar-refractivity contribution in [1.29, 1.82) is 0 Å². The van der Waals surface area contributed by atoms with Crippen LogP contribution in [0, 0.1) is 0 Å². The number of aromatic amines is 1. The molecule has 2 heterocycles. The van der Waals surface area contributed by atoms with Crippen molar-refractivity contribution in [2.45, 2.75) is 25.1 Å². The number of H-pyrrole nitrogens is 1. The van der Waals surface area contributed by atoms with Gasteiger partial charge in [-0.15, -0.1) is 0 Å². The number of hydrogen-bond acceptors (Lipinski definition) is 6. The molecule has 3 rings (SSSR count). The third-order valence-corrected chi connectivity index (χ3v) is 4.89. The van der Waals surface area contributed by atoms with Crippen LogP contribution in [0.5, 0.6) is 0 Å². The highest BCUT2D eigenvalue weighted by molar-refractivity contribution is 5.82. The highest BCUT2D eigenvalue weighted by Crippen LogP contribution is 2.23. The molecule has 0 spiro atoms. The Morgan fingerprint density at radius 1 is 1.44 bits per heavy atom. The molecule has 8 nitrogen and oxygen atoms in total. The molecule has 1 aromatic heterocycles. The van der Waals surface area contributed by atoms with E-state index >= 15 is 0 Å². The van der Waals surface area contributed by atoms with Gasteiger partial charge < -0.3 is 15.4 Å². The monoisotopic (exact) mass is 371 g/mol. The number of methoxy groups -OCH3 is 1. The van der Waals surface area contributed by atoms with Gasteiger partial charge in [0.05, 0.1) is 5.69 Å². The Morgan fingerprint density at radius 2 is 2.19 bits per heavy atom. The molecule has 1 aliphatic rings. The summed E-state index contributed by atoms with van der Waals surface area (Å²) in [5.41, 5.74) is 6.80. The Kier molecular flexibility index (Phi) is 5.88. The summed E-state index contributed by atoms with van der Waals surface area (Å²) in [6.45, 7) is 1.78. The van der Waals surface area contributed by atoms with Crippen LogP contribution in [0.25, 0.3) is 0 Å². The molecule has 0 saturated carbocycles. The van der Waals surface area contributed by atoms with Gasteiger partial charge in [-0.1, -0.05) is 30.3 Å². The second-order valence-electron chi connectivity index (χ2n) is 6.79. The lowest BCUT2D eigenvalue weighted by molar-refractivity contribution is -0.141. The number of carbonyl (C=O) groups excluding carboxylic acids is 1. The van der Waals surface area contributed by atoms with Crippen molar-refractivity contribution in [3.05, 3.63) is 58.0 Å². The molecule has 1 fully saturated rings. The normalized spacial score (nSPS) is 18.0. The van der Waals surface area contributed by atoms with E-state index in [2.05, 4.69) is 14.9 Å². The van der Waals surface area contributed by atoms with Gasteiger partial charge >= 0.3 is 0 Å². The average molecular weight is 371 g/mol. The Bertz CT molecular complexity index is 839. The Morgan fingerprint density at radius 3 is 2.85 bits per heavy atom. The SMILES string of the molecule is CO[C@@H](C(=O)N1CCC(N(C)Cc2cc(=O)[nH]c(N)n2)C1)c1ccccc1. The zero-order valence-corrected chi connectivity index (χ0v) is 15.6. The van der Waals surface area contributed by atoms with E-state index < -0.39 is 6.10 Å². The minimum absolute atomic E-state index is 0.0295. The van der Waals surface area contributed by atoms with Crippen LogP contribution in [0.3, 0.4) is 0 Å². The summed E-state index contributed by atoms with van der Waals surface area (Å²) in [6, 6.07) is 11.1. The summed E-state index contributed by atoms with van der Waals surface area (Å²) in [4.78, 5) is 35.0. The maximum Gasteiger partial charge on any atom is 0.256 e. The number of anilines is 1. The van der Waals surface area contributed by atoms with Crippen molar-refractivity contribution in [1.82, 2.24) is 19.8 Å². The number of likely N-dealkylation sites (N-methyl/N-ethyl adjacent to an activating group) is 1. The molecule has 2 aromatic rings. The molecular formula is C19H25N5O3. The second kappa shape index (κ2) is 8.32. The van der Waals surface area contributed by atoms with Crippen LogP contribution in [-0.4, -0.2) is 59.0 Å². The Balaban J connectivity index is 1.63. The van der Waals surface area contributed by atoms with E-state index in [-0.39, 0.29) is 23.5 Å². The van der Waals surface area contributed by atoms with Crippen LogP contribution >= 0.6 is 0 Å². The predicted octanol–water partition coefficient (Wildman–Crippen LogP) is 0.773. The highest BCUT2D eigenvalue weighted by atomic mass is 16.5. The number of nitrogens with zero attached hydrogens (tertiary/aromatic N) is 3. The van der Waals surface area contributed by atoms with Gasteiger partial charge in [0, 0.05) is 38.9 Å². The first-order valence-electron chi connectivity index (χ1n) is 8.90. The van der Waals surface area contributed by atoms with Gasteiger partial charge in [-0.05, 0) is 19.0 Å². The maximum atomic E-state index is 12.9. The van der Waals surface area contributed by atoms with Crippen LogP contribution in [0.15, 0.2) is 41.2 Å². The first kappa shape index (κ1) is 19.1. The number of nitrogens with two attached hydrogens (primary N) is 1. The van der Waals surface area contributed by atoms with Crippen molar-refractivity contribution < 1.29 is 9.53 Å². The van der Waals surface area contributed by atoms with Gasteiger partial charge in [0.1, 0.15) is 0 Å². The van der Waals surface area contributed by atoms with E-state index in [1.165, 1.54) is 6.07 Å². The number of amides is 1. The average Bonchev–Trinajstić information content (AvgIpc) is 3.12. The van der Waals surface area contributed by atoms with Crippen LogP contribution < -0.4 is 11.3 Å². The van der Waals surface area contributed by atoms with Crippen molar-refractivity contribution in [2.75, 3.05) is 33.0 Å². The summed E-state index contributed by atoms with van der Waals surface area (Å²) >= 11 is 0. The first-order chi connectivity index (χ1) is 13.0. The molecule has 0 bridgehead atoms. The number of carbonyl (C=O) groups is 1. The van der Waals surface area contributed by atoms with Crippen molar-refractivity contribution in [3.8, 4) is 0 Å². The number of rotatable bonds is 6. The van der Waals surface area contributed by atoms with Crippen molar-refractivity contribution in [2.24, 2.45) is 0 Å². The van der Waals surface area contributed by atoms with Gasteiger partial charge in [0.2, 0.25) is 5.95 Å². The number of likely N-dealkylation sites (tertiary alicyclic amines) is 1. The number of nitrogen functional groups attached to an aromatic ring is 1. The Labute approximate surface area is 158 Å². The third kappa shape index (κ3) is 4.53. The van der Waals surface area contributed by atoms with Gasteiger partial charge in [-0.2, -0.15) is 0 Å². The summed E-state index contributed by atoms with van der Waals surface area (Å²) in [6.07, 6.45) is 0.260. The summed E-state index contributed by atoms with van der Waals surface area (Å²) < 4.78 is 5.46. The quantitative estimate of drug-likeness (QED) is 0.777. The molecule has 2 atom stereocenters. The lowest BCUT2D eigenvalue weighted by Crippen LogP contribution is -2.38. The first-order valence-corrected chi connectivity index (χ1v) is 8.90. The van der Waals surface area contributed by atoms with Crippen LogP contribution in [0.1, 0.15) is 23.8 Å². The molecule has 8 heteroatoms. The van der Waals surface area contributed by atoms with E-state index in [9.17, 15) is 9.59 Å². The molecule has 144 valence electrons. The summed E-state index contributed by atoms with van der Waals surface area (Å²) in [7, 11) is 3.51. The fraction of sp³-hybridized carbons (Fsp3) is 0.421. The number of nitrogens with one attached hydrogen (secondary N) is 1. The van der Waals surface area contributed by atoms with E-state index in [0.717, 1.165) is 12.0 Å². The number of ether oxygens (including phenoxy) is 1. The second-order valence-corrected chi connectivity index (χ2v) is 6.79. The molecule has 0 aliphatic carbocycles. The fourth-order valence-electron chi connectivity index (χ4n) is 3.47. The summed E-state index contributed by atoms with van der Waals surface area (Å²) in [5.74, 6) is 0.0815. The standard InChI is InChI=1S/C19H25N5O3/c1-23(11-14-10-16(25)22-19(20)21-14)15-8-9-24(12-15)18(26)17(27-2)13-6-4-3-5-7-13/h3-7,10,15,17H,8-9,11-12H2,1-2H3,(H3,20,21,22,25)/t15?,17-/m1/s1. The van der Waals surface area contributed by atoms with Crippen molar-refractivity contribution in [3.63, 3.8) is 0 Å². The van der Waals surface area contributed by atoms with Crippen molar-refractivity contribution >= 4 is 11.9 Å². The zero-order valence-electron chi connectivity index (χ0n) is 15.6. The van der Waals surface area contributed by atoms with Gasteiger partial charge in [-0.25, -0.2) is 4.98 Å². The maximum absolute atomic E-state index is 12.9. The zero-order chi connectivity index (χ0) is 19.4. The minimum atomic E-state index is -0.593. The molecule has 1 saturated heterocycles. The topological polar surface area (TPSA) is 105 Å². The molecule has 1 aliphatic heterocycles. The highest BCUT2D eigenvalue weighted by Gasteiger charge is 2.33. The summed E-state index contributed by atoms with van der Waals surface area (Å²) in [5, 5.41) is 0. The van der Waals surface area contributed by atoms with Crippen LogP contribution in [0.2, 0.25) is 0 Å². The van der Waals surface area contributed by atoms with Crippen LogP contribution in [0.4, 0.5) is 5.95 Å².